The molecular weight excluding hydrogens is 174 g/mol. The molecule has 61 valence electrons. The Balaban J connectivity index is 2.89. The van der Waals surface area contributed by atoms with Crippen molar-refractivity contribution in [2.24, 2.45) is 5.11 Å². The third-order valence-corrected chi connectivity index (χ3v) is 1.70. The Morgan fingerprint density at radius 3 is 2.50 bits per heavy atom. The number of halogens is 1. The van der Waals surface area contributed by atoms with Gasteiger partial charge in [0.2, 0.25) is 0 Å². The van der Waals surface area contributed by atoms with Gasteiger partial charge in [-0.25, -0.2) is 0 Å². The first-order valence-corrected chi connectivity index (χ1v) is 3.74. The highest BCUT2D eigenvalue weighted by molar-refractivity contribution is 6.30. The maximum atomic E-state index is 8.14. The zero-order valence-corrected chi connectivity index (χ0v) is 7.07. The molecule has 1 unspecified atom stereocenters. The van der Waals surface area contributed by atoms with Crippen molar-refractivity contribution >= 4 is 11.6 Å². The fourth-order valence-electron chi connectivity index (χ4n) is 0.814. The summed E-state index contributed by atoms with van der Waals surface area (Å²) in [6.07, 6.45) is 0. The Kier molecular flexibility index (Phi) is 2.97. The summed E-state index contributed by atoms with van der Waals surface area (Å²) in [7, 11) is 0. The summed E-state index contributed by atoms with van der Waals surface area (Å²) in [5.41, 5.74) is 9.00. The molecule has 0 fully saturated rings. The molecular formula is C8H7ClN3. The molecule has 0 saturated heterocycles. The van der Waals surface area contributed by atoms with E-state index in [9.17, 15) is 0 Å². The lowest BCUT2D eigenvalue weighted by atomic mass is 10.1. The van der Waals surface area contributed by atoms with Crippen molar-refractivity contribution in [1.29, 1.82) is 0 Å². The minimum absolute atomic E-state index is 0.382. The van der Waals surface area contributed by atoms with Gasteiger partial charge in [0, 0.05) is 9.93 Å². The first-order chi connectivity index (χ1) is 5.74. The maximum absolute atomic E-state index is 8.14. The zero-order valence-electron chi connectivity index (χ0n) is 6.31. The molecule has 1 aromatic carbocycles. The molecule has 0 saturated carbocycles. The molecule has 1 rings (SSSR count). The number of hydrogen-bond acceptors (Lipinski definition) is 1. The van der Waals surface area contributed by atoms with Gasteiger partial charge in [-0.15, -0.1) is 0 Å². The minimum Gasteiger partial charge on any atom is -0.0859 e. The van der Waals surface area contributed by atoms with Crippen molar-refractivity contribution < 1.29 is 0 Å². The van der Waals surface area contributed by atoms with Gasteiger partial charge >= 0.3 is 0 Å². The van der Waals surface area contributed by atoms with Gasteiger partial charge in [0.1, 0.15) is 0 Å². The molecule has 0 aliphatic heterocycles. The van der Waals surface area contributed by atoms with Crippen LogP contribution in [0, 0.1) is 6.92 Å². The van der Waals surface area contributed by atoms with Crippen molar-refractivity contribution in [1.82, 2.24) is 0 Å². The SMILES string of the molecule is [CH2]C(N=[N+]=[N-])c1ccc(Cl)cc1. The quantitative estimate of drug-likeness (QED) is 0.380. The highest BCUT2D eigenvalue weighted by atomic mass is 35.5. The van der Waals surface area contributed by atoms with Gasteiger partial charge in [-0.3, -0.25) is 0 Å². The Morgan fingerprint density at radius 1 is 1.42 bits per heavy atom. The second kappa shape index (κ2) is 4.00. The van der Waals surface area contributed by atoms with Crippen molar-refractivity contribution in [3.8, 4) is 0 Å². The van der Waals surface area contributed by atoms with Crippen LogP contribution < -0.4 is 0 Å². The van der Waals surface area contributed by atoms with Crippen molar-refractivity contribution in [2.45, 2.75) is 6.04 Å². The van der Waals surface area contributed by atoms with Gasteiger partial charge < -0.3 is 0 Å². The maximum Gasteiger partial charge on any atom is 0.0625 e. The number of nitrogens with zero attached hydrogens (tertiary/aromatic N) is 3. The Bertz CT molecular complexity index is 301. The normalized spacial score (nSPS) is 11.8. The molecule has 0 amide bonds. The van der Waals surface area contributed by atoms with Crippen LogP contribution in [0.1, 0.15) is 11.6 Å². The Hall–Kier alpha value is -1.18. The molecule has 0 heterocycles. The van der Waals surface area contributed by atoms with Crippen LogP contribution in [0.25, 0.3) is 10.4 Å². The predicted molar refractivity (Wildman–Crippen MR) is 48.7 cm³/mol. The lowest BCUT2D eigenvalue weighted by Gasteiger charge is -2.02. The second-order valence-electron chi connectivity index (χ2n) is 2.27. The van der Waals surface area contributed by atoms with Gasteiger partial charge in [0.15, 0.2) is 0 Å². The highest BCUT2D eigenvalue weighted by Crippen LogP contribution is 2.18. The van der Waals surface area contributed by atoms with Gasteiger partial charge in [0.25, 0.3) is 0 Å². The second-order valence-corrected chi connectivity index (χ2v) is 2.71. The number of azide groups is 1. The molecule has 0 aromatic heterocycles. The van der Waals surface area contributed by atoms with E-state index >= 15 is 0 Å². The predicted octanol–water partition coefficient (Wildman–Crippen LogP) is 3.53. The van der Waals surface area contributed by atoms with Gasteiger partial charge in [0.05, 0.1) is 6.04 Å². The fraction of sp³-hybridized carbons (Fsp3) is 0.125. The number of rotatable bonds is 2. The van der Waals surface area contributed by atoms with Gasteiger partial charge in [-0.05, 0) is 30.2 Å². The van der Waals surface area contributed by atoms with E-state index in [0.717, 1.165) is 5.56 Å². The minimum atomic E-state index is -0.382. The van der Waals surface area contributed by atoms with E-state index < -0.39 is 0 Å². The average Bonchev–Trinajstić information content (AvgIpc) is 2.06. The van der Waals surface area contributed by atoms with Crippen LogP contribution in [-0.4, -0.2) is 0 Å². The summed E-state index contributed by atoms with van der Waals surface area (Å²) in [5, 5.41) is 4.11. The smallest absolute Gasteiger partial charge is 0.0625 e. The molecule has 0 aliphatic carbocycles. The number of benzene rings is 1. The number of hydrogen-bond donors (Lipinski definition) is 0. The van der Waals surface area contributed by atoms with Gasteiger partial charge in [-0.1, -0.05) is 28.8 Å². The van der Waals surface area contributed by atoms with Crippen molar-refractivity contribution in [2.75, 3.05) is 0 Å². The summed E-state index contributed by atoms with van der Waals surface area (Å²) in [6, 6.07) is 6.67. The molecule has 1 radical (unpaired) electrons. The molecule has 0 spiro atoms. The molecule has 1 atom stereocenters. The van der Waals surface area contributed by atoms with Crippen molar-refractivity contribution in [3.63, 3.8) is 0 Å². The Labute approximate surface area is 75.6 Å². The third kappa shape index (κ3) is 2.16. The molecule has 0 N–H and O–H groups in total. The van der Waals surface area contributed by atoms with E-state index in [4.69, 9.17) is 17.1 Å². The largest absolute Gasteiger partial charge is 0.0859 e. The first-order valence-electron chi connectivity index (χ1n) is 3.37. The standard InChI is InChI=1S/C8H7ClN3/c1-6(11-12-10)7-2-4-8(9)5-3-7/h2-6H,1H2. The molecule has 3 nitrogen and oxygen atoms in total. The highest BCUT2D eigenvalue weighted by Gasteiger charge is 2.00. The van der Waals surface area contributed by atoms with E-state index in [0.29, 0.717) is 5.02 Å². The third-order valence-electron chi connectivity index (χ3n) is 1.45. The van der Waals surface area contributed by atoms with Crippen LogP contribution in [0.3, 0.4) is 0 Å². The Morgan fingerprint density at radius 2 is 2.00 bits per heavy atom. The summed E-state index contributed by atoms with van der Waals surface area (Å²) in [4.78, 5) is 2.66. The van der Waals surface area contributed by atoms with E-state index in [1.165, 1.54) is 0 Å². The lowest BCUT2D eigenvalue weighted by molar-refractivity contribution is 0.893. The first kappa shape index (κ1) is 8.91. The topological polar surface area (TPSA) is 48.8 Å². The summed E-state index contributed by atoms with van der Waals surface area (Å²) < 4.78 is 0. The van der Waals surface area contributed by atoms with Crippen LogP contribution in [0.4, 0.5) is 0 Å². The van der Waals surface area contributed by atoms with Crippen LogP contribution in [0.2, 0.25) is 5.02 Å². The van der Waals surface area contributed by atoms with Crippen LogP contribution >= 0.6 is 11.6 Å². The van der Waals surface area contributed by atoms with Crippen LogP contribution in [0.5, 0.6) is 0 Å². The zero-order chi connectivity index (χ0) is 8.97. The van der Waals surface area contributed by atoms with Crippen LogP contribution in [-0.2, 0) is 0 Å². The van der Waals surface area contributed by atoms with Crippen molar-refractivity contribution in [3.05, 3.63) is 52.2 Å². The molecule has 0 bridgehead atoms. The monoisotopic (exact) mass is 180 g/mol. The molecule has 12 heavy (non-hydrogen) atoms. The average molecular weight is 181 g/mol. The van der Waals surface area contributed by atoms with E-state index in [1.807, 2.05) is 0 Å². The molecule has 4 heteroatoms. The summed E-state index contributed by atoms with van der Waals surface area (Å²) in [6.45, 7) is 3.66. The lowest BCUT2D eigenvalue weighted by Crippen LogP contribution is -1.86. The van der Waals surface area contributed by atoms with Crippen LogP contribution in [0.15, 0.2) is 29.4 Å². The van der Waals surface area contributed by atoms with Gasteiger partial charge in [-0.2, -0.15) is 0 Å². The van der Waals surface area contributed by atoms with E-state index in [-0.39, 0.29) is 6.04 Å². The summed E-state index contributed by atoms with van der Waals surface area (Å²) in [5.74, 6) is 0. The van der Waals surface area contributed by atoms with E-state index in [2.05, 4.69) is 16.9 Å². The fourth-order valence-corrected chi connectivity index (χ4v) is 0.940. The molecule has 1 aromatic rings. The summed E-state index contributed by atoms with van der Waals surface area (Å²) >= 11 is 5.67. The van der Waals surface area contributed by atoms with E-state index in [1.54, 1.807) is 24.3 Å². The molecule has 0 aliphatic rings.